The van der Waals surface area contributed by atoms with Gasteiger partial charge in [0.25, 0.3) is 0 Å². The molecule has 2 aromatic heterocycles. The second-order valence-corrected chi connectivity index (χ2v) is 12.7. The quantitative estimate of drug-likeness (QED) is 0.106. The van der Waals surface area contributed by atoms with Crippen LogP contribution in [0.25, 0.3) is 22.2 Å². The van der Waals surface area contributed by atoms with Crippen molar-refractivity contribution in [1.29, 1.82) is 0 Å². The molecule has 264 valence electrons. The van der Waals surface area contributed by atoms with Crippen LogP contribution in [0, 0.1) is 11.6 Å². The lowest BCUT2D eigenvalue weighted by atomic mass is 10.00. The lowest BCUT2D eigenvalue weighted by molar-refractivity contribution is 0.000164. The SMILES string of the molecule is COCCOCCOCCOCCOc1ccc(-c2cnc3[nH]cc(C(=O)c4c(F)ccc(NS(=O)(=O)N5CC[C@@H](F)C5)c4F)c3c2)cc1. The van der Waals surface area contributed by atoms with E-state index < -0.39 is 45.0 Å². The van der Waals surface area contributed by atoms with Crippen molar-refractivity contribution < 1.29 is 50.1 Å². The topological polar surface area (TPSA) is 141 Å². The molecule has 0 saturated carbocycles. The Bertz CT molecular complexity index is 1820. The predicted octanol–water partition coefficient (Wildman–Crippen LogP) is 4.51. The van der Waals surface area contributed by atoms with Gasteiger partial charge < -0.3 is 28.7 Å². The zero-order chi connectivity index (χ0) is 34.8. The molecule has 1 aliphatic rings. The summed E-state index contributed by atoms with van der Waals surface area (Å²) in [6.45, 7) is 3.11. The van der Waals surface area contributed by atoms with Crippen LogP contribution in [0.5, 0.6) is 5.75 Å². The van der Waals surface area contributed by atoms with Crippen molar-refractivity contribution in [3.8, 4) is 16.9 Å². The van der Waals surface area contributed by atoms with Gasteiger partial charge in [0.1, 0.15) is 30.0 Å². The molecule has 12 nitrogen and oxygen atoms in total. The van der Waals surface area contributed by atoms with Gasteiger partial charge in [-0.1, -0.05) is 12.1 Å². The number of aromatic amines is 1. The minimum Gasteiger partial charge on any atom is -0.491 e. The van der Waals surface area contributed by atoms with Gasteiger partial charge in [-0.2, -0.15) is 12.7 Å². The molecule has 2 aromatic carbocycles. The fourth-order valence-corrected chi connectivity index (χ4v) is 6.35. The lowest BCUT2D eigenvalue weighted by Gasteiger charge is -2.18. The molecule has 16 heteroatoms. The van der Waals surface area contributed by atoms with Gasteiger partial charge in [0, 0.05) is 49.1 Å². The first-order valence-electron chi connectivity index (χ1n) is 15.5. The molecule has 0 amide bonds. The van der Waals surface area contributed by atoms with Crippen LogP contribution in [0.1, 0.15) is 22.3 Å². The van der Waals surface area contributed by atoms with Crippen molar-refractivity contribution in [2.75, 3.05) is 77.8 Å². The molecule has 0 aliphatic carbocycles. The average Bonchev–Trinajstić information content (AvgIpc) is 3.73. The number of ether oxygens (including phenoxy) is 5. The zero-order valence-corrected chi connectivity index (χ0v) is 27.6. The Kier molecular flexibility index (Phi) is 12.6. The summed E-state index contributed by atoms with van der Waals surface area (Å²) in [7, 11) is -2.73. The van der Waals surface area contributed by atoms with Crippen LogP contribution in [0.4, 0.5) is 18.9 Å². The third kappa shape index (κ3) is 9.35. The smallest absolute Gasteiger partial charge is 0.301 e. The predicted molar refractivity (Wildman–Crippen MR) is 175 cm³/mol. The molecule has 49 heavy (non-hydrogen) atoms. The van der Waals surface area contributed by atoms with Gasteiger partial charge >= 0.3 is 10.2 Å². The molecular weight excluding hydrogens is 669 g/mol. The molecule has 1 atom stereocenters. The minimum atomic E-state index is -4.34. The molecule has 0 radical (unpaired) electrons. The van der Waals surface area contributed by atoms with Gasteiger partial charge in [0.2, 0.25) is 5.78 Å². The van der Waals surface area contributed by atoms with Crippen molar-refractivity contribution in [2.45, 2.75) is 12.6 Å². The molecule has 3 heterocycles. The van der Waals surface area contributed by atoms with E-state index in [-0.39, 0.29) is 25.1 Å². The molecule has 2 N–H and O–H groups in total. The van der Waals surface area contributed by atoms with E-state index >= 15 is 4.39 Å². The maximum absolute atomic E-state index is 15.6. The van der Waals surface area contributed by atoms with E-state index in [0.717, 1.165) is 22.0 Å². The van der Waals surface area contributed by atoms with Crippen LogP contribution in [-0.4, -0.2) is 108 Å². The van der Waals surface area contributed by atoms with Crippen LogP contribution in [-0.2, 0) is 29.2 Å². The Morgan fingerprint density at radius 1 is 0.959 bits per heavy atom. The second-order valence-electron chi connectivity index (χ2n) is 11.0. The third-order valence-electron chi connectivity index (χ3n) is 7.63. The number of benzene rings is 2. The van der Waals surface area contributed by atoms with Gasteiger partial charge in [-0.05, 0) is 42.3 Å². The highest BCUT2D eigenvalue weighted by Gasteiger charge is 2.33. The Hall–Kier alpha value is -4.06. The van der Waals surface area contributed by atoms with Crippen LogP contribution in [0.2, 0.25) is 0 Å². The zero-order valence-electron chi connectivity index (χ0n) is 26.8. The number of halogens is 3. The normalized spacial score (nSPS) is 15.2. The number of hydrogen-bond donors (Lipinski definition) is 2. The standard InChI is InChI=1S/C33H37F3N4O8S/c1-44-10-11-45-12-13-46-14-15-47-16-17-48-25-4-2-22(3-5-25)23-18-26-27(20-38-33(26)37-19-23)32(41)30-28(35)6-7-29(31(30)36)39-49(42,43)40-9-8-24(34)21-40/h2-7,18-20,24,39H,8-17,21H2,1H3,(H,37,38)/t24-/m1/s1. The molecular formula is C33H37F3N4O8S. The van der Waals surface area contributed by atoms with Crippen molar-refractivity contribution in [3.63, 3.8) is 0 Å². The number of fused-ring (bicyclic) bond motifs is 1. The van der Waals surface area contributed by atoms with Crippen molar-refractivity contribution >= 4 is 32.7 Å². The Morgan fingerprint density at radius 3 is 2.29 bits per heavy atom. The number of aromatic nitrogens is 2. The minimum absolute atomic E-state index is 0.00541. The van der Waals surface area contributed by atoms with Gasteiger partial charge in [-0.25, -0.2) is 18.2 Å². The maximum Gasteiger partial charge on any atom is 0.301 e. The van der Waals surface area contributed by atoms with E-state index in [4.69, 9.17) is 23.7 Å². The molecule has 1 aliphatic heterocycles. The lowest BCUT2D eigenvalue weighted by Crippen LogP contribution is -2.34. The second kappa shape index (κ2) is 17.0. The number of nitrogens with zero attached hydrogens (tertiary/aromatic N) is 2. The Balaban J connectivity index is 1.19. The van der Waals surface area contributed by atoms with Crippen molar-refractivity contribution in [1.82, 2.24) is 14.3 Å². The summed E-state index contributed by atoms with van der Waals surface area (Å²) in [6.07, 6.45) is 1.53. The summed E-state index contributed by atoms with van der Waals surface area (Å²) in [5.41, 5.74) is 0.0244. The van der Waals surface area contributed by atoms with Crippen LogP contribution >= 0.6 is 0 Å². The fourth-order valence-electron chi connectivity index (χ4n) is 5.08. The highest BCUT2D eigenvalue weighted by Crippen LogP contribution is 2.31. The highest BCUT2D eigenvalue weighted by atomic mass is 32.2. The van der Waals surface area contributed by atoms with E-state index in [1.54, 1.807) is 43.6 Å². The first kappa shape index (κ1) is 36.2. The number of alkyl halides is 1. The molecule has 1 fully saturated rings. The third-order valence-corrected chi connectivity index (χ3v) is 9.12. The number of nitrogens with one attached hydrogen (secondary N) is 2. The van der Waals surface area contributed by atoms with Gasteiger partial charge in [-0.3, -0.25) is 9.52 Å². The van der Waals surface area contributed by atoms with Crippen LogP contribution < -0.4 is 9.46 Å². The molecule has 5 rings (SSSR count). The van der Waals surface area contributed by atoms with Crippen LogP contribution in [0.3, 0.4) is 0 Å². The molecule has 1 saturated heterocycles. The number of pyridine rings is 1. The van der Waals surface area contributed by atoms with Crippen LogP contribution in [0.15, 0.2) is 54.9 Å². The molecule has 0 bridgehead atoms. The number of rotatable bonds is 19. The number of methoxy groups -OCH3 is 1. The summed E-state index contributed by atoms with van der Waals surface area (Å²) in [5, 5.41) is 0.304. The molecule has 0 unspecified atom stereocenters. The summed E-state index contributed by atoms with van der Waals surface area (Å²) >= 11 is 0. The van der Waals surface area contributed by atoms with Gasteiger partial charge in [0.15, 0.2) is 5.82 Å². The largest absolute Gasteiger partial charge is 0.491 e. The highest BCUT2D eigenvalue weighted by molar-refractivity contribution is 7.90. The van der Waals surface area contributed by atoms with Crippen molar-refractivity contribution in [2.24, 2.45) is 0 Å². The van der Waals surface area contributed by atoms with E-state index in [9.17, 15) is 22.0 Å². The summed E-state index contributed by atoms with van der Waals surface area (Å²) in [6, 6.07) is 10.5. The number of H-pyrrole nitrogens is 1. The average molecular weight is 707 g/mol. The number of anilines is 1. The van der Waals surface area contributed by atoms with E-state index in [1.807, 2.05) is 4.72 Å². The maximum atomic E-state index is 15.6. The fraction of sp³-hybridized carbons (Fsp3) is 0.394. The summed E-state index contributed by atoms with van der Waals surface area (Å²) in [5.74, 6) is -2.98. The molecule has 4 aromatic rings. The van der Waals surface area contributed by atoms with Gasteiger partial charge in [0.05, 0.1) is 57.5 Å². The number of hydrogen-bond acceptors (Lipinski definition) is 9. The number of carbonyl (C=O) groups is 1. The first-order chi connectivity index (χ1) is 23.7. The summed E-state index contributed by atoms with van der Waals surface area (Å²) < 4.78 is 99.1. The first-order valence-corrected chi connectivity index (χ1v) is 17.0. The van der Waals surface area contributed by atoms with E-state index in [2.05, 4.69) is 9.97 Å². The van der Waals surface area contributed by atoms with Gasteiger partial charge in [-0.15, -0.1) is 0 Å². The van der Waals surface area contributed by atoms with E-state index in [1.165, 1.54) is 6.20 Å². The Labute approximate surface area is 281 Å². The van der Waals surface area contributed by atoms with Crippen molar-refractivity contribution in [3.05, 3.63) is 77.6 Å². The number of carbonyl (C=O) groups excluding carboxylic acids is 1. The molecule has 0 spiro atoms. The monoisotopic (exact) mass is 706 g/mol. The summed E-state index contributed by atoms with van der Waals surface area (Å²) in [4.78, 5) is 20.7. The Morgan fingerprint density at radius 2 is 1.63 bits per heavy atom. The number of ketones is 1. The van der Waals surface area contributed by atoms with E-state index in [0.29, 0.717) is 75.2 Å².